The molecule has 0 atom stereocenters. The molecule has 0 radical (unpaired) electrons. The van der Waals surface area contributed by atoms with Crippen LogP contribution in [0.25, 0.3) is 0 Å². The van der Waals surface area contributed by atoms with Gasteiger partial charge < -0.3 is 15.3 Å². The smallest absolute Gasteiger partial charge is 0.0767 e. The molecule has 0 fully saturated rings. The van der Waals surface area contributed by atoms with Crippen molar-refractivity contribution in [3.8, 4) is 0 Å². The van der Waals surface area contributed by atoms with Crippen LogP contribution >= 0.6 is 0 Å². The van der Waals surface area contributed by atoms with Crippen LogP contribution in [0.2, 0.25) is 0 Å². The topological polar surface area (TPSA) is 35.5 Å². The fourth-order valence-corrected chi connectivity index (χ4v) is 0.808. The van der Waals surface area contributed by atoms with Crippen LogP contribution in [0.15, 0.2) is 0 Å². The molecular weight excluding hydrogens is 164 g/mol. The summed E-state index contributed by atoms with van der Waals surface area (Å²) in [6.07, 6.45) is 0. The number of likely N-dealkylation sites (N-methyl/N-ethyl adjacent to an activating group) is 1. The summed E-state index contributed by atoms with van der Waals surface area (Å²) >= 11 is 0. The molecule has 0 saturated heterocycles. The van der Waals surface area contributed by atoms with Gasteiger partial charge in [0, 0.05) is 18.6 Å². The van der Waals surface area contributed by atoms with Gasteiger partial charge in [0.2, 0.25) is 0 Å². The lowest BCUT2D eigenvalue weighted by atomic mass is 9.86. The third-order valence-corrected chi connectivity index (χ3v) is 2.66. The molecule has 13 heavy (non-hydrogen) atoms. The van der Waals surface area contributed by atoms with Crippen molar-refractivity contribution < 1.29 is 5.11 Å². The van der Waals surface area contributed by atoms with Gasteiger partial charge in [0.1, 0.15) is 0 Å². The largest absolute Gasteiger partial charge is 0.389 e. The highest BCUT2D eigenvalue weighted by Crippen LogP contribution is 2.19. The Morgan fingerprint density at radius 2 is 1.62 bits per heavy atom. The van der Waals surface area contributed by atoms with Crippen molar-refractivity contribution in [2.45, 2.75) is 38.8 Å². The minimum atomic E-state index is -0.695. The lowest BCUT2D eigenvalue weighted by Gasteiger charge is -2.38. The zero-order chi connectivity index (χ0) is 10.7. The third kappa shape index (κ3) is 4.60. The monoisotopic (exact) mass is 188 g/mol. The summed E-state index contributed by atoms with van der Waals surface area (Å²) in [7, 11) is 4.08. The Kier molecular flexibility index (Phi) is 4.36. The van der Waals surface area contributed by atoms with Gasteiger partial charge in [-0.15, -0.1) is 0 Å². The van der Waals surface area contributed by atoms with E-state index < -0.39 is 5.60 Å². The van der Waals surface area contributed by atoms with E-state index in [9.17, 15) is 5.11 Å². The van der Waals surface area contributed by atoms with Crippen molar-refractivity contribution in [1.29, 1.82) is 0 Å². The van der Waals surface area contributed by atoms with Crippen molar-refractivity contribution in [2.24, 2.45) is 0 Å². The van der Waals surface area contributed by atoms with Crippen molar-refractivity contribution in [2.75, 3.05) is 27.2 Å². The number of nitrogens with one attached hydrogen (secondary N) is 1. The summed E-state index contributed by atoms with van der Waals surface area (Å²) < 4.78 is 0. The predicted molar refractivity (Wildman–Crippen MR) is 56.9 cm³/mol. The van der Waals surface area contributed by atoms with Crippen molar-refractivity contribution in [1.82, 2.24) is 10.2 Å². The highest BCUT2D eigenvalue weighted by molar-refractivity contribution is 4.93. The molecule has 0 heterocycles. The van der Waals surface area contributed by atoms with E-state index in [1.807, 2.05) is 41.8 Å². The Morgan fingerprint density at radius 3 is 1.92 bits per heavy atom. The van der Waals surface area contributed by atoms with Crippen LogP contribution in [-0.2, 0) is 0 Å². The van der Waals surface area contributed by atoms with E-state index >= 15 is 0 Å². The van der Waals surface area contributed by atoms with Crippen LogP contribution < -0.4 is 5.32 Å². The number of nitrogens with zero attached hydrogens (tertiary/aromatic N) is 1. The Bertz CT molecular complexity index is 147. The lowest BCUT2D eigenvalue weighted by Crippen LogP contribution is -2.56. The maximum Gasteiger partial charge on any atom is 0.0767 e. The number of hydrogen-bond donors (Lipinski definition) is 2. The molecule has 0 aliphatic carbocycles. The molecule has 0 aromatic heterocycles. The van der Waals surface area contributed by atoms with Crippen LogP contribution in [0.4, 0.5) is 0 Å². The first-order valence-corrected chi connectivity index (χ1v) is 4.79. The molecule has 3 nitrogen and oxygen atoms in total. The molecule has 0 amide bonds. The quantitative estimate of drug-likeness (QED) is 0.666. The Morgan fingerprint density at radius 1 is 1.15 bits per heavy atom. The molecule has 0 aromatic rings. The molecule has 0 aromatic carbocycles. The summed E-state index contributed by atoms with van der Waals surface area (Å²) in [5, 5.41) is 13.2. The summed E-state index contributed by atoms with van der Waals surface area (Å²) in [6, 6.07) is 0. The maximum atomic E-state index is 9.83. The lowest BCUT2D eigenvalue weighted by molar-refractivity contribution is -0.00479. The molecule has 3 heteroatoms. The van der Waals surface area contributed by atoms with Gasteiger partial charge in [0.05, 0.1) is 5.60 Å². The number of rotatable bonds is 5. The average Bonchev–Trinajstić information content (AvgIpc) is 1.82. The van der Waals surface area contributed by atoms with Gasteiger partial charge in [0.25, 0.3) is 0 Å². The van der Waals surface area contributed by atoms with Gasteiger partial charge in [-0.25, -0.2) is 0 Å². The second kappa shape index (κ2) is 4.40. The van der Waals surface area contributed by atoms with Crippen LogP contribution in [0.1, 0.15) is 27.7 Å². The van der Waals surface area contributed by atoms with E-state index in [0.29, 0.717) is 0 Å². The Hall–Kier alpha value is -0.120. The Labute approximate surface area is 82.1 Å². The fraction of sp³-hybridized carbons (Fsp3) is 1.00. The molecule has 0 spiro atoms. The van der Waals surface area contributed by atoms with Crippen LogP contribution in [-0.4, -0.2) is 48.3 Å². The van der Waals surface area contributed by atoms with Gasteiger partial charge >= 0.3 is 0 Å². The van der Waals surface area contributed by atoms with Crippen LogP contribution in [0.3, 0.4) is 0 Å². The van der Waals surface area contributed by atoms with E-state index in [-0.39, 0.29) is 5.54 Å². The van der Waals surface area contributed by atoms with Crippen LogP contribution in [0.5, 0.6) is 0 Å². The number of aliphatic hydroxyl groups is 1. The zero-order valence-electron chi connectivity index (χ0n) is 9.81. The molecule has 0 aliphatic heterocycles. The fourth-order valence-electron chi connectivity index (χ4n) is 0.808. The van der Waals surface area contributed by atoms with E-state index in [0.717, 1.165) is 13.1 Å². The van der Waals surface area contributed by atoms with Gasteiger partial charge in [-0.3, -0.25) is 0 Å². The minimum Gasteiger partial charge on any atom is -0.389 e. The zero-order valence-corrected chi connectivity index (χ0v) is 9.81. The minimum absolute atomic E-state index is 0.247. The van der Waals surface area contributed by atoms with Crippen molar-refractivity contribution >= 4 is 0 Å². The highest BCUT2D eigenvalue weighted by atomic mass is 16.3. The van der Waals surface area contributed by atoms with E-state index in [2.05, 4.69) is 10.2 Å². The third-order valence-electron chi connectivity index (χ3n) is 2.66. The summed E-state index contributed by atoms with van der Waals surface area (Å²) in [5.74, 6) is 0. The first-order valence-electron chi connectivity index (χ1n) is 4.79. The Balaban J connectivity index is 3.90. The van der Waals surface area contributed by atoms with E-state index in [4.69, 9.17) is 0 Å². The maximum absolute atomic E-state index is 9.83. The summed E-state index contributed by atoms with van der Waals surface area (Å²) in [6.45, 7) is 9.57. The molecule has 0 aliphatic rings. The predicted octanol–water partition coefficient (Wildman–Crippen LogP) is 0.687. The van der Waals surface area contributed by atoms with E-state index in [1.165, 1.54) is 0 Å². The SMILES string of the molecule is CN(C)CCNC(C)(C)C(C)(C)O. The normalized spacial score (nSPS) is 13.8. The standard InChI is InChI=1S/C10H24N2O/c1-9(2,10(3,4)13)11-7-8-12(5)6/h11,13H,7-8H2,1-6H3. The van der Waals surface area contributed by atoms with Crippen LogP contribution in [0, 0.1) is 0 Å². The van der Waals surface area contributed by atoms with Gasteiger partial charge in [0.15, 0.2) is 0 Å². The van der Waals surface area contributed by atoms with Crippen molar-refractivity contribution in [3.05, 3.63) is 0 Å². The molecule has 80 valence electrons. The molecule has 2 N–H and O–H groups in total. The molecule has 0 bridgehead atoms. The van der Waals surface area contributed by atoms with Gasteiger partial charge in [-0.2, -0.15) is 0 Å². The molecule has 0 saturated carbocycles. The molecule has 0 rings (SSSR count). The summed E-state index contributed by atoms with van der Waals surface area (Å²) in [4.78, 5) is 2.12. The number of hydrogen-bond acceptors (Lipinski definition) is 3. The second-order valence-corrected chi connectivity index (χ2v) is 4.91. The first kappa shape index (κ1) is 12.9. The van der Waals surface area contributed by atoms with Crippen molar-refractivity contribution in [3.63, 3.8) is 0 Å². The molecule has 0 unspecified atom stereocenters. The average molecular weight is 188 g/mol. The van der Waals surface area contributed by atoms with Gasteiger partial charge in [-0.1, -0.05) is 0 Å². The first-order chi connectivity index (χ1) is 5.67. The second-order valence-electron chi connectivity index (χ2n) is 4.91. The van der Waals surface area contributed by atoms with E-state index in [1.54, 1.807) is 0 Å². The summed E-state index contributed by atoms with van der Waals surface area (Å²) in [5.41, 5.74) is -0.942. The molecular formula is C10H24N2O. The highest BCUT2D eigenvalue weighted by Gasteiger charge is 2.33. The van der Waals surface area contributed by atoms with Gasteiger partial charge in [-0.05, 0) is 41.8 Å².